The summed E-state index contributed by atoms with van der Waals surface area (Å²) in [5, 5.41) is 2.75. The number of amides is 1. The molecule has 7 nitrogen and oxygen atoms in total. The van der Waals surface area contributed by atoms with E-state index < -0.39 is 10.0 Å². The van der Waals surface area contributed by atoms with Crippen LogP contribution in [0, 0.1) is 5.92 Å². The van der Waals surface area contributed by atoms with Crippen LogP contribution in [0.5, 0.6) is 0 Å². The van der Waals surface area contributed by atoms with Crippen molar-refractivity contribution in [1.82, 2.24) is 8.87 Å². The molecule has 1 N–H and O–H groups in total. The highest BCUT2D eigenvalue weighted by molar-refractivity contribution is 7.89. The topological polar surface area (TPSA) is 88.5 Å². The van der Waals surface area contributed by atoms with Crippen LogP contribution in [-0.2, 0) is 27.8 Å². The van der Waals surface area contributed by atoms with E-state index in [-0.39, 0.29) is 35.4 Å². The molecule has 170 valence electrons. The van der Waals surface area contributed by atoms with Crippen LogP contribution in [0.2, 0.25) is 0 Å². The average molecular weight is 464 g/mol. The monoisotopic (exact) mass is 463 g/mol. The minimum atomic E-state index is -3.58. The van der Waals surface area contributed by atoms with E-state index in [4.69, 9.17) is 0 Å². The lowest BCUT2D eigenvalue weighted by atomic mass is 9.84. The second-order valence-corrected chi connectivity index (χ2v) is 10.7. The van der Waals surface area contributed by atoms with Gasteiger partial charge in [0.05, 0.1) is 11.3 Å². The highest BCUT2D eigenvalue weighted by Gasteiger charge is 2.39. The number of benzene rings is 2. The van der Waals surface area contributed by atoms with E-state index in [1.54, 1.807) is 45.3 Å². The van der Waals surface area contributed by atoms with Gasteiger partial charge < -0.3 is 9.88 Å². The number of nitrogens with one attached hydrogen (secondary N) is 1. The minimum absolute atomic E-state index is 0.0442. The summed E-state index contributed by atoms with van der Waals surface area (Å²) in [6.45, 7) is 1.16. The number of pyridine rings is 1. The average Bonchev–Trinajstić information content (AvgIpc) is 2.82. The van der Waals surface area contributed by atoms with E-state index in [9.17, 15) is 18.0 Å². The van der Waals surface area contributed by atoms with Crippen molar-refractivity contribution in [1.29, 1.82) is 0 Å². The van der Waals surface area contributed by atoms with Crippen LogP contribution in [0.3, 0.4) is 0 Å². The lowest BCUT2D eigenvalue weighted by Gasteiger charge is -2.42. The Morgan fingerprint density at radius 1 is 0.909 bits per heavy atom. The van der Waals surface area contributed by atoms with Crippen molar-refractivity contribution in [3.05, 3.63) is 94.4 Å². The van der Waals surface area contributed by atoms with Crippen LogP contribution in [0.4, 0.5) is 5.69 Å². The third-order valence-corrected chi connectivity index (χ3v) is 8.28. The molecule has 2 aromatic carbocycles. The summed E-state index contributed by atoms with van der Waals surface area (Å²) in [6, 6.07) is 21.3. The Kier molecular flexibility index (Phi) is 5.64. The maximum absolute atomic E-state index is 13.1. The summed E-state index contributed by atoms with van der Waals surface area (Å²) in [5.41, 5.74) is 1.73. The Morgan fingerprint density at radius 2 is 1.61 bits per heavy atom. The molecule has 2 atom stereocenters. The Morgan fingerprint density at radius 3 is 2.33 bits per heavy atom. The van der Waals surface area contributed by atoms with Gasteiger partial charge in [-0.3, -0.25) is 9.59 Å². The number of anilines is 1. The molecule has 2 aliphatic rings. The van der Waals surface area contributed by atoms with Gasteiger partial charge in [0.15, 0.2) is 0 Å². The molecular weight excluding hydrogens is 438 g/mol. The van der Waals surface area contributed by atoms with E-state index in [2.05, 4.69) is 5.32 Å². The summed E-state index contributed by atoms with van der Waals surface area (Å²) in [5.74, 6) is -0.254. The predicted octanol–water partition coefficient (Wildman–Crippen LogP) is 2.84. The summed E-state index contributed by atoms with van der Waals surface area (Å²) in [7, 11) is -3.58. The van der Waals surface area contributed by atoms with E-state index >= 15 is 0 Å². The van der Waals surface area contributed by atoms with Crippen molar-refractivity contribution in [3.8, 4) is 0 Å². The molecule has 2 aliphatic heterocycles. The molecule has 3 aromatic rings. The van der Waals surface area contributed by atoms with Gasteiger partial charge in [-0.25, -0.2) is 8.42 Å². The Labute approximate surface area is 192 Å². The van der Waals surface area contributed by atoms with Gasteiger partial charge in [-0.1, -0.05) is 48.5 Å². The zero-order valence-corrected chi connectivity index (χ0v) is 18.9. The lowest BCUT2D eigenvalue weighted by Crippen LogP contribution is -2.49. The molecule has 1 amide bonds. The van der Waals surface area contributed by atoms with Gasteiger partial charge in [0.1, 0.15) is 5.69 Å². The van der Waals surface area contributed by atoms with Gasteiger partial charge in [0, 0.05) is 31.2 Å². The first-order chi connectivity index (χ1) is 15.9. The van der Waals surface area contributed by atoms with E-state index in [1.165, 1.54) is 0 Å². The molecule has 1 saturated heterocycles. The molecule has 0 spiro atoms. The predicted molar refractivity (Wildman–Crippen MR) is 126 cm³/mol. The van der Waals surface area contributed by atoms with Gasteiger partial charge in [0.2, 0.25) is 15.9 Å². The van der Waals surface area contributed by atoms with E-state index in [1.807, 2.05) is 36.4 Å². The Hall–Kier alpha value is -3.23. The number of rotatable bonds is 5. The molecule has 0 radical (unpaired) electrons. The first-order valence-corrected chi connectivity index (χ1v) is 12.5. The first kappa shape index (κ1) is 21.6. The molecule has 0 unspecified atom stereocenters. The van der Waals surface area contributed by atoms with Gasteiger partial charge in [0.25, 0.3) is 5.56 Å². The largest absolute Gasteiger partial charge is 0.321 e. The third kappa shape index (κ3) is 4.24. The normalized spacial score (nSPS) is 20.1. The van der Waals surface area contributed by atoms with Crippen molar-refractivity contribution in [2.75, 3.05) is 18.4 Å². The number of piperidine rings is 1. The number of fused-ring (bicyclic) bond motifs is 4. The number of carbonyl (C=O) groups excluding carboxylic acids is 1. The van der Waals surface area contributed by atoms with Gasteiger partial charge in [-0.2, -0.15) is 4.31 Å². The maximum atomic E-state index is 13.1. The quantitative estimate of drug-likeness (QED) is 0.630. The Bertz CT molecular complexity index is 1340. The molecule has 3 heterocycles. The molecule has 5 rings (SSSR count). The number of nitrogens with zero attached hydrogens (tertiary/aromatic N) is 2. The lowest BCUT2D eigenvalue weighted by molar-refractivity contribution is -0.115. The molecule has 8 heteroatoms. The van der Waals surface area contributed by atoms with Crippen LogP contribution < -0.4 is 10.9 Å². The zero-order chi connectivity index (χ0) is 23.0. The number of hydrogen-bond donors (Lipinski definition) is 1. The smallest absolute Gasteiger partial charge is 0.274 e. The second-order valence-electron chi connectivity index (χ2n) is 8.73. The minimum Gasteiger partial charge on any atom is -0.321 e. The van der Waals surface area contributed by atoms with E-state index in [0.717, 1.165) is 17.7 Å². The maximum Gasteiger partial charge on any atom is 0.274 e. The highest BCUT2D eigenvalue weighted by Crippen LogP contribution is 2.37. The van der Waals surface area contributed by atoms with Crippen LogP contribution >= 0.6 is 0 Å². The van der Waals surface area contributed by atoms with Crippen molar-refractivity contribution < 1.29 is 13.2 Å². The number of carbonyl (C=O) groups is 1. The van der Waals surface area contributed by atoms with E-state index in [0.29, 0.717) is 24.5 Å². The molecular formula is C25H25N3O4S. The summed E-state index contributed by atoms with van der Waals surface area (Å²) in [6.07, 6.45) is 1.04. The van der Waals surface area contributed by atoms with Gasteiger partial charge in [-0.05, 0) is 42.2 Å². The van der Waals surface area contributed by atoms with Crippen LogP contribution in [-0.4, -0.2) is 36.3 Å². The Balaban J connectivity index is 1.37. The molecule has 33 heavy (non-hydrogen) atoms. The molecule has 0 aliphatic carbocycles. The number of sulfonamides is 1. The summed E-state index contributed by atoms with van der Waals surface area (Å²) >= 11 is 0. The first-order valence-electron chi connectivity index (χ1n) is 11.0. The van der Waals surface area contributed by atoms with Gasteiger partial charge in [-0.15, -0.1) is 0 Å². The fourth-order valence-corrected chi connectivity index (χ4v) is 6.49. The highest BCUT2D eigenvalue weighted by atomic mass is 32.2. The third-order valence-electron chi connectivity index (χ3n) is 6.43. The second kappa shape index (κ2) is 8.61. The van der Waals surface area contributed by atoms with Crippen LogP contribution in [0.25, 0.3) is 0 Å². The van der Waals surface area contributed by atoms with Crippen molar-refractivity contribution in [3.63, 3.8) is 0 Å². The number of hydrogen-bond acceptors (Lipinski definition) is 4. The zero-order valence-electron chi connectivity index (χ0n) is 18.1. The SMILES string of the molecule is O=C(Cc1ccccc1)Nc1ccc2n(c1=O)C[C@H]1C[C@@H]2CN(S(=O)(=O)c2ccccc2)C1. The number of aromatic nitrogens is 1. The standard InChI is InChI=1S/C25H25N3O4S/c29-24(14-18-7-3-1-4-8-18)26-22-11-12-23-20-13-19(16-28(23)25(22)30)15-27(17-20)33(31,32)21-9-5-2-6-10-21/h1-12,19-20H,13-17H2,(H,26,29)/t19-,20+/m0/s1. The van der Waals surface area contributed by atoms with Crippen LogP contribution in [0.15, 0.2) is 82.5 Å². The van der Waals surface area contributed by atoms with Gasteiger partial charge >= 0.3 is 0 Å². The van der Waals surface area contributed by atoms with Crippen LogP contribution in [0.1, 0.15) is 23.6 Å². The van der Waals surface area contributed by atoms with Crippen molar-refractivity contribution in [2.24, 2.45) is 5.92 Å². The summed E-state index contributed by atoms with van der Waals surface area (Å²) < 4.78 is 29.5. The summed E-state index contributed by atoms with van der Waals surface area (Å²) in [4.78, 5) is 25.9. The molecule has 0 saturated carbocycles. The van der Waals surface area contributed by atoms with Crippen molar-refractivity contribution in [2.45, 2.75) is 30.2 Å². The fraction of sp³-hybridized carbons (Fsp3) is 0.280. The van der Waals surface area contributed by atoms with Crippen molar-refractivity contribution >= 4 is 21.6 Å². The fourth-order valence-electron chi connectivity index (χ4n) is 4.91. The molecule has 1 aromatic heterocycles. The molecule has 1 fully saturated rings. The molecule has 2 bridgehead atoms.